The van der Waals surface area contributed by atoms with Gasteiger partial charge in [0.1, 0.15) is 11.5 Å². The van der Waals surface area contributed by atoms with Crippen LogP contribution in [0.1, 0.15) is 16.1 Å². The summed E-state index contributed by atoms with van der Waals surface area (Å²) < 4.78 is 0. The molecule has 2 aromatic carbocycles. The van der Waals surface area contributed by atoms with E-state index in [0.29, 0.717) is 17.1 Å². The summed E-state index contributed by atoms with van der Waals surface area (Å²) in [5, 5.41) is 0. The number of ketones is 1. The first-order valence-corrected chi connectivity index (χ1v) is 6.05. The van der Waals surface area contributed by atoms with Crippen LogP contribution in [0, 0.1) is 0 Å². The lowest BCUT2D eigenvalue weighted by atomic mass is 10.1. The molecule has 0 fully saturated rings. The Labute approximate surface area is 111 Å². The van der Waals surface area contributed by atoms with Crippen LogP contribution in [-0.2, 0) is 0 Å². The second-order valence-corrected chi connectivity index (χ2v) is 4.21. The topological polar surface area (TPSA) is 45.8 Å². The van der Waals surface area contributed by atoms with Gasteiger partial charge in [0.25, 0.3) is 0 Å². The molecule has 0 unspecified atom stereocenters. The fourth-order valence-electron chi connectivity index (χ4n) is 1.92. The average molecular weight is 248 g/mol. The van der Waals surface area contributed by atoms with E-state index in [9.17, 15) is 4.79 Å². The van der Waals surface area contributed by atoms with Crippen molar-refractivity contribution in [2.45, 2.75) is 0 Å². The highest BCUT2D eigenvalue weighted by atomic mass is 16.1. The Balaban J connectivity index is 1.92. The number of rotatable bonds is 3. The SMILES string of the molecule is O=C(c1ccccc1)c1cnc(-c2ccccc2)[nH]1. The zero-order chi connectivity index (χ0) is 13.1. The van der Waals surface area contributed by atoms with Gasteiger partial charge >= 0.3 is 0 Å². The molecule has 0 aliphatic rings. The van der Waals surface area contributed by atoms with E-state index in [1.807, 2.05) is 48.5 Å². The molecule has 0 atom stereocenters. The number of carbonyl (C=O) groups excluding carboxylic acids is 1. The number of imidazole rings is 1. The summed E-state index contributed by atoms with van der Waals surface area (Å²) in [4.78, 5) is 19.5. The minimum Gasteiger partial charge on any atom is -0.335 e. The van der Waals surface area contributed by atoms with Crippen molar-refractivity contribution in [2.75, 3.05) is 0 Å². The van der Waals surface area contributed by atoms with Gasteiger partial charge < -0.3 is 4.98 Å². The van der Waals surface area contributed by atoms with Crippen LogP contribution in [-0.4, -0.2) is 15.8 Å². The third-order valence-corrected chi connectivity index (χ3v) is 2.90. The van der Waals surface area contributed by atoms with Crippen molar-refractivity contribution in [2.24, 2.45) is 0 Å². The maximum atomic E-state index is 12.2. The Kier molecular flexibility index (Phi) is 2.94. The minimum absolute atomic E-state index is 0.0460. The van der Waals surface area contributed by atoms with Crippen LogP contribution in [0.15, 0.2) is 66.9 Å². The molecule has 1 aromatic heterocycles. The smallest absolute Gasteiger partial charge is 0.210 e. The third-order valence-electron chi connectivity index (χ3n) is 2.90. The van der Waals surface area contributed by atoms with E-state index in [4.69, 9.17) is 0 Å². The van der Waals surface area contributed by atoms with Gasteiger partial charge in [-0.2, -0.15) is 0 Å². The van der Waals surface area contributed by atoms with E-state index in [-0.39, 0.29) is 5.78 Å². The normalized spacial score (nSPS) is 10.3. The van der Waals surface area contributed by atoms with Gasteiger partial charge in [0.2, 0.25) is 5.78 Å². The number of hydrogen-bond donors (Lipinski definition) is 1. The first kappa shape index (κ1) is 11.4. The van der Waals surface area contributed by atoms with E-state index in [0.717, 1.165) is 5.56 Å². The summed E-state index contributed by atoms with van der Waals surface area (Å²) in [6.45, 7) is 0. The second kappa shape index (κ2) is 4.90. The number of benzene rings is 2. The lowest BCUT2D eigenvalue weighted by Gasteiger charge is -1.97. The maximum absolute atomic E-state index is 12.2. The van der Waals surface area contributed by atoms with Crippen LogP contribution in [0.2, 0.25) is 0 Å². The lowest BCUT2D eigenvalue weighted by molar-refractivity contribution is 0.103. The van der Waals surface area contributed by atoms with Crippen molar-refractivity contribution in [3.05, 3.63) is 78.1 Å². The molecule has 92 valence electrons. The van der Waals surface area contributed by atoms with Gasteiger partial charge in [-0.15, -0.1) is 0 Å². The van der Waals surface area contributed by atoms with E-state index in [1.54, 1.807) is 18.3 Å². The Morgan fingerprint density at radius 1 is 0.895 bits per heavy atom. The molecule has 0 saturated carbocycles. The zero-order valence-electron chi connectivity index (χ0n) is 10.2. The highest BCUT2D eigenvalue weighted by Crippen LogP contribution is 2.16. The fourth-order valence-corrected chi connectivity index (χ4v) is 1.92. The first-order chi connectivity index (χ1) is 9.34. The number of nitrogens with zero attached hydrogens (tertiary/aromatic N) is 1. The summed E-state index contributed by atoms with van der Waals surface area (Å²) in [5.41, 5.74) is 2.13. The van der Waals surface area contributed by atoms with Crippen LogP contribution < -0.4 is 0 Å². The molecule has 0 saturated heterocycles. The number of H-pyrrole nitrogens is 1. The summed E-state index contributed by atoms with van der Waals surface area (Å²) >= 11 is 0. The van der Waals surface area contributed by atoms with Crippen molar-refractivity contribution in [3.63, 3.8) is 0 Å². The van der Waals surface area contributed by atoms with Crippen LogP contribution in [0.4, 0.5) is 0 Å². The predicted molar refractivity (Wildman–Crippen MR) is 73.9 cm³/mol. The highest BCUT2D eigenvalue weighted by molar-refractivity contribution is 6.07. The van der Waals surface area contributed by atoms with Crippen LogP contribution >= 0.6 is 0 Å². The van der Waals surface area contributed by atoms with Crippen molar-refractivity contribution >= 4 is 5.78 Å². The average Bonchev–Trinajstić information content (AvgIpc) is 2.98. The van der Waals surface area contributed by atoms with Crippen molar-refractivity contribution in [1.82, 2.24) is 9.97 Å². The molecule has 3 aromatic rings. The van der Waals surface area contributed by atoms with Gasteiger partial charge in [-0.05, 0) is 0 Å². The van der Waals surface area contributed by atoms with E-state index >= 15 is 0 Å². The molecule has 3 nitrogen and oxygen atoms in total. The van der Waals surface area contributed by atoms with Crippen LogP contribution in [0.5, 0.6) is 0 Å². The predicted octanol–water partition coefficient (Wildman–Crippen LogP) is 3.31. The molecule has 0 aliphatic carbocycles. The van der Waals surface area contributed by atoms with E-state index in [1.165, 1.54) is 0 Å². The number of nitrogens with one attached hydrogen (secondary N) is 1. The minimum atomic E-state index is -0.0460. The molecule has 0 radical (unpaired) electrons. The standard InChI is InChI=1S/C16H12N2O/c19-15(12-7-3-1-4-8-12)14-11-17-16(18-14)13-9-5-2-6-10-13/h1-11H,(H,17,18). The molecular formula is C16H12N2O. The maximum Gasteiger partial charge on any atom is 0.210 e. The summed E-state index contributed by atoms with van der Waals surface area (Å²) in [5.74, 6) is 0.662. The van der Waals surface area contributed by atoms with Crippen LogP contribution in [0.3, 0.4) is 0 Å². The van der Waals surface area contributed by atoms with Gasteiger partial charge in [-0.3, -0.25) is 4.79 Å². The van der Waals surface area contributed by atoms with E-state index in [2.05, 4.69) is 9.97 Å². The van der Waals surface area contributed by atoms with Gasteiger partial charge in [0.05, 0.1) is 6.20 Å². The lowest BCUT2D eigenvalue weighted by Crippen LogP contribution is -2.01. The van der Waals surface area contributed by atoms with Crippen molar-refractivity contribution < 1.29 is 4.79 Å². The largest absolute Gasteiger partial charge is 0.335 e. The molecule has 0 amide bonds. The summed E-state index contributed by atoms with van der Waals surface area (Å²) in [6, 6.07) is 18.9. The number of hydrogen-bond acceptors (Lipinski definition) is 2. The Morgan fingerprint density at radius 2 is 1.53 bits per heavy atom. The Bertz CT molecular complexity index is 687. The zero-order valence-corrected chi connectivity index (χ0v) is 10.2. The Hall–Kier alpha value is -2.68. The molecule has 0 bridgehead atoms. The van der Waals surface area contributed by atoms with Gasteiger partial charge in [-0.1, -0.05) is 60.7 Å². The number of carbonyl (C=O) groups is 1. The summed E-state index contributed by atoms with van der Waals surface area (Å²) in [6.07, 6.45) is 1.58. The fraction of sp³-hybridized carbons (Fsp3) is 0. The highest BCUT2D eigenvalue weighted by Gasteiger charge is 2.12. The van der Waals surface area contributed by atoms with E-state index < -0.39 is 0 Å². The molecule has 3 rings (SSSR count). The third kappa shape index (κ3) is 2.31. The van der Waals surface area contributed by atoms with Crippen molar-refractivity contribution in [1.29, 1.82) is 0 Å². The molecule has 0 aliphatic heterocycles. The second-order valence-electron chi connectivity index (χ2n) is 4.21. The molecule has 0 spiro atoms. The molecule has 1 N–H and O–H groups in total. The first-order valence-electron chi connectivity index (χ1n) is 6.05. The quantitative estimate of drug-likeness (QED) is 0.723. The van der Waals surface area contributed by atoms with Gasteiger partial charge in [0.15, 0.2) is 0 Å². The number of aromatic amines is 1. The van der Waals surface area contributed by atoms with Crippen LogP contribution in [0.25, 0.3) is 11.4 Å². The number of aromatic nitrogens is 2. The van der Waals surface area contributed by atoms with Gasteiger partial charge in [-0.25, -0.2) is 4.98 Å². The summed E-state index contributed by atoms with van der Waals surface area (Å²) in [7, 11) is 0. The Morgan fingerprint density at radius 3 is 2.21 bits per heavy atom. The van der Waals surface area contributed by atoms with Gasteiger partial charge in [0, 0.05) is 11.1 Å². The molecule has 1 heterocycles. The molecule has 3 heteroatoms. The monoisotopic (exact) mass is 248 g/mol. The molecular weight excluding hydrogens is 236 g/mol. The van der Waals surface area contributed by atoms with Crippen molar-refractivity contribution in [3.8, 4) is 11.4 Å². The molecule has 19 heavy (non-hydrogen) atoms.